The van der Waals surface area contributed by atoms with Crippen molar-refractivity contribution in [3.63, 3.8) is 0 Å². The lowest BCUT2D eigenvalue weighted by atomic mass is 9.97. The summed E-state index contributed by atoms with van der Waals surface area (Å²) in [5.74, 6) is 6.33. The van der Waals surface area contributed by atoms with Crippen molar-refractivity contribution >= 4 is 17.5 Å². The summed E-state index contributed by atoms with van der Waals surface area (Å²) < 4.78 is 5.69. The fourth-order valence-corrected chi connectivity index (χ4v) is 3.28. The molecule has 0 radical (unpaired) electrons. The SMILES string of the molecule is CC/C=C(OC)\C(=C/CC/C(N)=N/NN)C/C(=C\NCCCCCC)CC(CC)=NC(=N)N. The fourth-order valence-electron chi connectivity index (χ4n) is 3.28. The second-order valence-corrected chi connectivity index (χ2v) is 7.77. The Bertz CT molecular complexity index is 707. The molecule has 0 aromatic heterocycles. The van der Waals surface area contributed by atoms with Crippen molar-refractivity contribution in [3.05, 3.63) is 35.3 Å². The van der Waals surface area contributed by atoms with E-state index < -0.39 is 0 Å². The molecule has 9 N–H and O–H groups in total. The molecule has 0 saturated heterocycles. The average Bonchev–Trinajstić information content (AvgIpc) is 2.78. The third kappa shape index (κ3) is 15.6. The Kier molecular flexibility index (Phi) is 18.2. The first-order chi connectivity index (χ1) is 15.9. The van der Waals surface area contributed by atoms with Crippen LogP contribution in [-0.2, 0) is 4.74 Å². The quantitative estimate of drug-likeness (QED) is 0.0344. The monoisotopic (exact) mass is 462 g/mol. The van der Waals surface area contributed by atoms with E-state index in [2.05, 4.69) is 53.1 Å². The van der Waals surface area contributed by atoms with Crippen LogP contribution in [0.2, 0.25) is 0 Å². The maximum absolute atomic E-state index is 7.54. The number of nitrogens with zero attached hydrogens (tertiary/aromatic N) is 2. The Balaban J connectivity index is 5.72. The molecule has 0 bridgehead atoms. The highest BCUT2D eigenvalue weighted by molar-refractivity contribution is 5.96. The number of ether oxygens (including phenoxy) is 1. The number of unbranched alkanes of at least 4 members (excludes halogenated alkanes) is 3. The van der Waals surface area contributed by atoms with E-state index in [0.29, 0.717) is 31.5 Å². The van der Waals surface area contributed by atoms with E-state index in [1.807, 2.05) is 6.92 Å². The third-order valence-electron chi connectivity index (χ3n) is 4.94. The molecule has 0 aliphatic carbocycles. The highest BCUT2D eigenvalue weighted by atomic mass is 16.5. The molecule has 0 rings (SSSR count). The number of allylic oxidation sites excluding steroid dienone is 4. The van der Waals surface area contributed by atoms with Gasteiger partial charge in [-0.05, 0) is 55.5 Å². The Morgan fingerprint density at radius 1 is 1.06 bits per heavy atom. The molecule has 0 heterocycles. The molecular weight excluding hydrogens is 416 g/mol. The minimum Gasteiger partial charge on any atom is -0.497 e. The molecule has 0 aromatic carbocycles. The van der Waals surface area contributed by atoms with Gasteiger partial charge in [0, 0.05) is 25.1 Å². The van der Waals surface area contributed by atoms with Crippen LogP contribution in [-0.4, -0.2) is 31.2 Å². The molecule has 0 atom stereocenters. The normalized spacial score (nSPS) is 13.8. The number of nitrogens with two attached hydrogens (primary N) is 3. The molecule has 0 aliphatic rings. The van der Waals surface area contributed by atoms with Crippen molar-refractivity contribution in [3.8, 4) is 0 Å². The second-order valence-electron chi connectivity index (χ2n) is 7.77. The van der Waals surface area contributed by atoms with Gasteiger partial charge in [-0.2, -0.15) is 5.10 Å². The van der Waals surface area contributed by atoms with Crippen molar-refractivity contribution in [2.75, 3.05) is 13.7 Å². The zero-order valence-electron chi connectivity index (χ0n) is 21.0. The number of hydrogen-bond donors (Lipinski definition) is 6. The maximum Gasteiger partial charge on any atom is 0.212 e. The van der Waals surface area contributed by atoms with E-state index in [4.69, 9.17) is 27.5 Å². The van der Waals surface area contributed by atoms with Crippen LogP contribution >= 0.6 is 0 Å². The summed E-state index contributed by atoms with van der Waals surface area (Å²) >= 11 is 0. The molecular formula is C24H46N8O. The van der Waals surface area contributed by atoms with Gasteiger partial charge >= 0.3 is 0 Å². The number of nitrogens with one attached hydrogen (secondary N) is 3. The van der Waals surface area contributed by atoms with E-state index in [-0.39, 0.29) is 5.96 Å². The lowest BCUT2D eigenvalue weighted by Gasteiger charge is -2.16. The molecule has 9 heteroatoms. The van der Waals surface area contributed by atoms with Gasteiger partial charge in [-0.1, -0.05) is 46.1 Å². The number of hydrogen-bond acceptors (Lipinski definition) is 6. The number of aliphatic imine (C=N–C) groups is 1. The van der Waals surface area contributed by atoms with Crippen LogP contribution in [0.5, 0.6) is 0 Å². The van der Waals surface area contributed by atoms with Crippen molar-refractivity contribution in [2.24, 2.45) is 27.4 Å². The zero-order chi connectivity index (χ0) is 24.9. The van der Waals surface area contributed by atoms with Crippen LogP contribution in [0.15, 0.2) is 45.4 Å². The molecule has 33 heavy (non-hydrogen) atoms. The van der Waals surface area contributed by atoms with Crippen LogP contribution in [0, 0.1) is 5.41 Å². The lowest BCUT2D eigenvalue weighted by molar-refractivity contribution is 0.297. The Morgan fingerprint density at radius 2 is 1.82 bits per heavy atom. The first-order valence-corrected chi connectivity index (χ1v) is 11.9. The van der Waals surface area contributed by atoms with E-state index >= 15 is 0 Å². The van der Waals surface area contributed by atoms with Crippen LogP contribution in [0.3, 0.4) is 0 Å². The minimum absolute atomic E-state index is 0.166. The smallest absolute Gasteiger partial charge is 0.212 e. The molecule has 188 valence electrons. The predicted octanol–water partition coefficient (Wildman–Crippen LogP) is 3.95. The summed E-state index contributed by atoms with van der Waals surface area (Å²) in [5, 5.41) is 14.8. The van der Waals surface area contributed by atoms with E-state index in [1.165, 1.54) is 19.3 Å². The zero-order valence-corrected chi connectivity index (χ0v) is 21.0. The van der Waals surface area contributed by atoms with Crippen molar-refractivity contribution in [2.45, 2.75) is 85.0 Å². The summed E-state index contributed by atoms with van der Waals surface area (Å²) in [7, 11) is 1.69. The van der Waals surface area contributed by atoms with Gasteiger partial charge in [0.1, 0.15) is 11.6 Å². The molecule has 0 fully saturated rings. The van der Waals surface area contributed by atoms with Crippen molar-refractivity contribution < 1.29 is 4.74 Å². The van der Waals surface area contributed by atoms with Gasteiger partial charge in [-0.15, -0.1) is 0 Å². The summed E-state index contributed by atoms with van der Waals surface area (Å²) in [6.07, 6.45) is 15.3. The van der Waals surface area contributed by atoms with Crippen molar-refractivity contribution in [1.29, 1.82) is 5.41 Å². The highest BCUT2D eigenvalue weighted by Crippen LogP contribution is 2.24. The van der Waals surface area contributed by atoms with E-state index in [0.717, 1.165) is 48.4 Å². The fraction of sp³-hybridized carbons (Fsp3) is 0.625. The van der Waals surface area contributed by atoms with Crippen LogP contribution in [0.4, 0.5) is 0 Å². The third-order valence-corrected chi connectivity index (χ3v) is 4.94. The highest BCUT2D eigenvalue weighted by Gasteiger charge is 2.11. The molecule has 0 unspecified atom stereocenters. The summed E-state index contributed by atoms with van der Waals surface area (Å²) in [4.78, 5) is 4.21. The summed E-state index contributed by atoms with van der Waals surface area (Å²) in [6, 6.07) is 0. The Hall–Kier alpha value is -2.81. The first kappa shape index (κ1) is 30.2. The molecule has 0 aromatic rings. The summed E-state index contributed by atoms with van der Waals surface area (Å²) in [5.41, 5.74) is 16.7. The van der Waals surface area contributed by atoms with Gasteiger partial charge in [0.15, 0.2) is 0 Å². The largest absolute Gasteiger partial charge is 0.497 e. The molecule has 0 aliphatic heterocycles. The number of hydrazone groups is 1. The Labute approximate surface area is 200 Å². The average molecular weight is 463 g/mol. The second kappa shape index (κ2) is 19.8. The Morgan fingerprint density at radius 3 is 2.39 bits per heavy atom. The van der Waals surface area contributed by atoms with Gasteiger partial charge in [-0.25, -0.2) is 16.4 Å². The molecule has 0 saturated carbocycles. The topological polar surface area (TPSA) is 160 Å². The van der Waals surface area contributed by atoms with Crippen molar-refractivity contribution in [1.82, 2.24) is 10.9 Å². The number of guanidine groups is 1. The van der Waals surface area contributed by atoms with Gasteiger partial charge < -0.3 is 21.5 Å². The van der Waals surface area contributed by atoms with E-state index in [1.54, 1.807) is 7.11 Å². The summed E-state index contributed by atoms with van der Waals surface area (Å²) in [6.45, 7) is 7.25. The lowest BCUT2D eigenvalue weighted by Crippen LogP contribution is -2.21. The number of amidine groups is 1. The number of hydrazine groups is 1. The standard InChI is InChI=1S/C24H46N8O/c1-5-8-9-10-15-29-18-19(17-21(7-3)30-24(26)27)16-20(22(33-4)12-6-2)13-11-14-23(25)31-32-28/h12-13,18,29,32H,5-11,14-17,28H2,1-4H3,(H2,25,31)(H3,26,27)/b19-18+,20-13-,22-12+,30-21?. The number of rotatable bonds is 18. The maximum atomic E-state index is 7.54. The van der Waals surface area contributed by atoms with Crippen LogP contribution in [0.25, 0.3) is 0 Å². The predicted molar refractivity (Wildman–Crippen MR) is 141 cm³/mol. The van der Waals surface area contributed by atoms with Gasteiger partial charge in [0.2, 0.25) is 5.96 Å². The first-order valence-electron chi connectivity index (χ1n) is 11.9. The molecule has 0 spiro atoms. The van der Waals surface area contributed by atoms with Gasteiger partial charge in [0.05, 0.1) is 7.11 Å². The van der Waals surface area contributed by atoms with Gasteiger partial charge in [0.25, 0.3) is 0 Å². The molecule has 9 nitrogen and oxygen atoms in total. The van der Waals surface area contributed by atoms with E-state index in [9.17, 15) is 0 Å². The van der Waals surface area contributed by atoms with Crippen LogP contribution < -0.4 is 28.2 Å². The number of methoxy groups -OCH3 is 1. The van der Waals surface area contributed by atoms with Crippen LogP contribution in [0.1, 0.15) is 85.0 Å². The molecule has 0 amide bonds. The van der Waals surface area contributed by atoms with Gasteiger partial charge in [-0.3, -0.25) is 5.41 Å². The minimum atomic E-state index is -0.166.